The molecule has 0 aliphatic carbocycles. The van der Waals surface area contributed by atoms with Gasteiger partial charge in [0.15, 0.2) is 0 Å². The first-order chi connectivity index (χ1) is 14.3. The molecule has 1 heterocycles. The minimum Gasteiger partial charge on any atom is -0.453 e. The van der Waals surface area contributed by atoms with Crippen LogP contribution in [0, 0.1) is 11.3 Å². The molecule has 0 unspecified atom stereocenters. The molecule has 0 saturated carbocycles. The van der Waals surface area contributed by atoms with Gasteiger partial charge in [-0.3, -0.25) is 4.90 Å². The van der Waals surface area contributed by atoms with Gasteiger partial charge >= 0.3 is 6.09 Å². The number of benzene rings is 2. The fourth-order valence-electron chi connectivity index (χ4n) is 4.44. The summed E-state index contributed by atoms with van der Waals surface area (Å²) in [6, 6.07) is 22.7. The number of carbonyl (C=O) groups is 1. The Morgan fingerprint density at radius 2 is 1.60 bits per heavy atom. The third-order valence-corrected chi connectivity index (χ3v) is 11.0. The maximum Gasteiger partial charge on any atom is 0.410 e. The molecule has 0 N–H and O–H groups in total. The first-order valence-corrected chi connectivity index (χ1v) is 12.3. The van der Waals surface area contributed by atoms with E-state index in [1.54, 1.807) is 0 Å². The Bertz CT molecular complexity index is 851. The minimum atomic E-state index is -2.68. The molecule has 0 spiro atoms. The van der Waals surface area contributed by atoms with Gasteiger partial charge in [0.2, 0.25) is 0 Å². The lowest BCUT2D eigenvalue weighted by atomic mass is 10.0. The number of hydrogen-bond acceptors (Lipinski definition) is 4. The maximum absolute atomic E-state index is 12.1. The Morgan fingerprint density at radius 1 is 1.07 bits per heavy atom. The molecule has 6 heteroatoms. The monoisotopic (exact) mass is 422 g/mol. The number of ether oxygens (including phenoxy) is 1. The maximum atomic E-state index is 12.1. The molecule has 30 heavy (non-hydrogen) atoms. The summed E-state index contributed by atoms with van der Waals surface area (Å²) in [5, 5.41) is 12.0. The van der Waals surface area contributed by atoms with E-state index in [1.165, 1.54) is 22.4 Å². The molecular weight excluding hydrogens is 392 g/mol. The molecule has 1 saturated heterocycles. The molecule has 158 valence electrons. The number of hydrogen-bond donors (Lipinski definition) is 0. The zero-order valence-corrected chi connectivity index (χ0v) is 19.2. The molecule has 1 fully saturated rings. The van der Waals surface area contributed by atoms with Gasteiger partial charge in [0.25, 0.3) is 8.32 Å². The normalized spacial score (nSPS) is 19.8. The van der Waals surface area contributed by atoms with Crippen LogP contribution in [-0.4, -0.2) is 45.1 Å². The molecule has 5 nitrogen and oxygen atoms in total. The SMILES string of the molecule is COC(=O)N1CC[C@H](O[Si](c2ccccc2)(c2ccccc2)C(C)(C)C)C[C@@H]1C#N. The fraction of sp³-hybridized carbons (Fsp3) is 0.417. The van der Waals surface area contributed by atoms with Crippen molar-refractivity contribution in [1.29, 1.82) is 5.26 Å². The topological polar surface area (TPSA) is 62.6 Å². The van der Waals surface area contributed by atoms with E-state index >= 15 is 0 Å². The van der Waals surface area contributed by atoms with Crippen molar-refractivity contribution in [3.8, 4) is 6.07 Å². The molecule has 0 aromatic heterocycles. The molecule has 1 amide bonds. The van der Waals surface area contributed by atoms with Crippen LogP contribution in [0.4, 0.5) is 4.79 Å². The van der Waals surface area contributed by atoms with Gasteiger partial charge in [-0.25, -0.2) is 4.79 Å². The Hall–Kier alpha value is -2.62. The van der Waals surface area contributed by atoms with Crippen LogP contribution in [0.5, 0.6) is 0 Å². The van der Waals surface area contributed by atoms with Crippen molar-refractivity contribution >= 4 is 24.8 Å². The standard InChI is InChI=1S/C24H30N2O3Si/c1-24(2,3)30(21-11-7-5-8-12-21,22-13-9-6-10-14-22)29-20-15-16-26(23(27)28-4)19(17-20)18-25/h5-14,19-20H,15-17H2,1-4H3/t19-,20+/m1/s1. The van der Waals surface area contributed by atoms with Crippen LogP contribution < -0.4 is 10.4 Å². The van der Waals surface area contributed by atoms with E-state index in [-0.39, 0.29) is 11.1 Å². The molecule has 2 atom stereocenters. The first-order valence-electron chi connectivity index (χ1n) is 10.4. The third kappa shape index (κ3) is 4.14. The summed E-state index contributed by atoms with van der Waals surface area (Å²) in [7, 11) is -1.33. The second-order valence-electron chi connectivity index (χ2n) is 8.74. The van der Waals surface area contributed by atoms with Crippen molar-refractivity contribution in [2.75, 3.05) is 13.7 Å². The lowest BCUT2D eigenvalue weighted by Gasteiger charge is -2.47. The molecular formula is C24H30N2O3Si. The van der Waals surface area contributed by atoms with E-state index < -0.39 is 20.5 Å². The number of amides is 1. The number of piperidine rings is 1. The number of methoxy groups -OCH3 is 1. The van der Waals surface area contributed by atoms with E-state index in [0.29, 0.717) is 19.4 Å². The van der Waals surface area contributed by atoms with Crippen molar-refractivity contribution in [3.05, 3.63) is 60.7 Å². The van der Waals surface area contributed by atoms with Gasteiger partial charge in [0, 0.05) is 13.0 Å². The summed E-state index contributed by atoms with van der Waals surface area (Å²) >= 11 is 0. The molecule has 1 aliphatic rings. The molecule has 0 bridgehead atoms. The highest BCUT2D eigenvalue weighted by Crippen LogP contribution is 2.39. The van der Waals surface area contributed by atoms with Crippen LogP contribution in [-0.2, 0) is 9.16 Å². The second-order valence-corrected chi connectivity index (χ2v) is 13.0. The van der Waals surface area contributed by atoms with Crippen LogP contribution in [0.3, 0.4) is 0 Å². The summed E-state index contributed by atoms with van der Waals surface area (Å²) in [6.07, 6.45) is 0.598. The van der Waals surface area contributed by atoms with Crippen molar-refractivity contribution in [3.63, 3.8) is 0 Å². The molecule has 3 rings (SSSR count). The number of carbonyl (C=O) groups excluding carboxylic acids is 1. The van der Waals surface area contributed by atoms with Crippen molar-refractivity contribution in [1.82, 2.24) is 4.90 Å². The number of rotatable bonds is 4. The summed E-state index contributed by atoms with van der Waals surface area (Å²) in [6.45, 7) is 7.17. The van der Waals surface area contributed by atoms with E-state index in [0.717, 1.165) is 0 Å². The number of nitriles is 1. The fourth-order valence-corrected chi connectivity index (χ4v) is 9.17. The lowest BCUT2D eigenvalue weighted by Crippen LogP contribution is -2.68. The summed E-state index contributed by atoms with van der Waals surface area (Å²) in [5.74, 6) is 0. The average molecular weight is 423 g/mol. The molecule has 2 aromatic carbocycles. The van der Waals surface area contributed by atoms with Gasteiger partial charge in [0.05, 0.1) is 19.3 Å². The average Bonchev–Trinajstić information content (AvgIpc) is 2.77. The minimum absolute atomic E-state index is 0.109. The highest BCUT2D eigenvalue weighted by Gasteiger charge is 2.52. The molecule has 1 aliphatic heterocycles. The van der Waals surface area contributed by atoms with E-state index in [4.69, 9.17) is 9.16 Å². The van der Waals surface area contributed by atoms with Crippen LogP contribution >= 0.6 is 0 Å². The van der Waals surface area contributed by atoms with E-state index in [2.05, 4.69) is 75.4 Å². The van der Waals surface area contributed by atoms with Gasteiger partial charge in [-0.05, 0) is 21.8 Å². The smallest absolute Gasteiger partial charge is 0.410 e. The number of nitrogens with zero attached hydrogens (tertiary/aromatic N) is 2. The van der Waals surface area contributed by atoms with Gasteiger partial charge in [-0.1, -0.05) is 81.4 Å². The van der Waals surface area contributed by atoms with Gasteiger partial charge in [-0.2, -0.15) is 5.26 Å². The molecule has 2 aromatic rings. The van der Waals surface area contributed by atoms with Crippen LogP contribution in [0.25, 0.3) is 0 Å². The summed E-state index contributed by atoms with van der Waals surface area (Å²) in [4.78, 5) is 13.6. The Labute approximate surface area is 180 Å². The lowest BCUT2D eigenvalue weighted by molar-refractivity contribution is 0.0579. The Balaban J connectivity index is 2.03. The first kappa shape index (κ1) is 22.1. The van der Waals surface area contributed by atoms with Crippen LogP contribution in [0.1, 0.15) is 33.6 Å². The molecule has 0 radical (unpaired) electrons. The van der Waals surface area contributed by atoms with E-state index in [1.807, 2.05) is 12.1 Å². The highest BCUT2D eigenvalue weighted by atomic mass is 28.4. The van der Waals surface area contributed by atoms with E-state index in [9.17, 15) is 10.1 Å². The van der Waals surface area contributed by atoms with Crippen LogP contribution in [0.2, 0.25) is 5.04 Å². The quantitative estimate of drug-likeness (QED) is 0.705. The van der Waals surface area contributed by atoms with Crippen molar-refractivity contribution in [2.45, 2.75) is 50.8 Å². The summed E-state index contributed by atoms with van der Waals surface area (Å²) in [5.41, 5.74) is 0. The number of likely N-dealkylation sites (tertiary alicyclic amines) is 1. The van der Waals surface area contributed by atoms with Gasteiger partial charge in [-0.15, -0.1) is 0 Å². The predicted octanol–water partition coefficient (Wildman–Crippen LogP) is 3.69. The van der Waals surface area contributed by atoms with Gasteiger partial charge < -0.3 is 9.16 Å². The summed E-state index contributed by atoms with van der Waals surface area (Å²) < 4.78 is 12.0. The van der Waals surface area contributed by atoms with Crippen LogP contribution in [0.15, 0.2) is 60.7 Å². The largest absolute Gasteiger partial charge is 0.453 e. The highest BCUT2D eigenvalue weighted by molar-refractivity contribution is 6.99. The predicted molar refractivity (Wildman–Crippen MR) is 120 cm³/mol. The Morgan fingerprint density at radius 3 is 2.03 bits per heavy atom. The zero-order chi connectivity index (χ0) is 21.8. The third-order valence-electron chi connectivity index (χ3n) is 5.87. The second kappa shape index (κ2) is 9.03. The van der Waals surface area contributed by atoms with Crippen molar-refractivity contribution < 1.29 is 14.0 Å². The van der Waals surface area contributed by atoms with Crippen molar-refractivity contribution in [2.24, 2.45) is 0 Å². The van der Waals surface area contributed by atoms with Gasteiger partial charge in [0.1, 0.15) is 6.04 Å². The zero-order valence-electron chi connectivity index (χ0n) is 18.2. The Kier molecular flexibility index (Phi) is 6.64.